The first-order valence-corrected chi connectivity index (χ1v) is 12.0. The molecule has 0 aliphatic rings. The fourth-order valence-corrected chi connectivity index (χ4v) is 4.14. The van der Waals surface area contributed by atoms with E-state index >= 15 is 0 Å². The quantitative estimate of drug-likeness (QED) is 0.440. The molecule has 1 aromatic heterocycles. The fraction of sp³-hybridized carbons (Fsp3) is 0.261. The summed E-state index contributed by atoms with van der Waals surface area (Å²) in [4.78, 5) is 20.5. The average molecular weight is 511 g/mol. The number of rotatable bonds is 9. The second-order valence-electron chi connectivity index (χ2n) is 7.77. The minimum Gasteiger partial charge on any atom is -0.495 e. The molecule has 0 unspecified atom stereocenters. The predicted octanol–water partition coefficient (Wildman–Crippen LogP) is 1.92. The standard InChI is InChI=1S/C23H25ClN4O4S.Na/c1-15(2)10-17-13-25-23(26-14-17)28-33(30,31)19-7-4-16(5-8-19)11-22(29)27-20-12-18(24)6-9-21(20)32-3;/h4-9,12-15H,10-11H2,1-3H3,(H2,25,26,27,28,29);/q;+1/p-1. The minimum atomic E-state index is -3.99. The van der Waals surface area contributed by atoms with Crippen molar-refractivity contribution >= 4 is 39.2 Å². The largest absolute Gasteiger partial charge is 1.00 e. The van der Waals surface area contributed by atoms with Gasteiger partial charge >= 0.3 is 29.6 Å². The molecule has 174 valence electrons. The summed E-state index contributed by atoms with van der Waals surface area (Å²) in [5.41, 5.74) is 1.99. The second-order valence-corrected chi connectivity index (χ2v) is 9.81. The van der Waals surface area contributed by atoms with Crippen LogP contribution < -0.4 is 39.6 Å². The fourth-order valence-electron chi connectivity index (χ4n) is 3.07. The molecule has 3 aromatic rings. The van der Waals surface area contributed by atoms with E-state index in [1.54, 1.807) is 42.7 Å². The maximum Gasteiger partial charge on any atom is 1.00 e. The van der Waals surface area contributed by atoms with E-state index in [9.17, 15) is 13.2 Å². The van der Waals surface area contributed by atoms with Crippen molar-refractivity contribution in [1.29, 1.82) is 0 Å². The van der Waals surface area contributed by atoms with Gasteiger partial charge in [0, 0.05) is 11.0 Å². The molecule has 0 atom stereocenters. The molecule has 1 N–H and O–H groups in total. The van der Waals surface area contributed by atoms with Gasteiger partial charge in [0.25, 0.3) is 0 Å². The summed E-state index contributed by atoms with van der Waals surface area (Å²) in [5.74, 6) is 0.496. The predicted molar refractivity (Wildman–Crippen MR) is 128 cm³/mol. The van der Waals surface area contributed by atoms with E-state index in [0.29, 0.717) is 27.9 Å². The van der Waals surface area contributed by atoms with Gasteiger partial charge in [-0.25, -0.2) is 8.42 Å². The van der Waals surface area contributed by atoms with E-state index in [1.165, 1.54) is 19.2 Å². The van der Waals surface area contributed by atoms with Crippen molar-refractivity contribution in [3.63, 3.8) is 0 Å². The molecule has 1 amide bonds. The number of hydrogen-bond donors (Lipinski definition) is 1. The third-order valence-electron chi connectivity index (χ3n) is 4.56. The van der Waals surface area contributed by atoms with Crippen molar-refractivity contribution in [1.82, 2.24) is 9.97 Å². The maximum absolute atomic E-state index is 12.6. The number of benzene rings is 2. The summed E-state index contributed by atoms with van der Waals surface area (Å²) in [6, 6.07) is 10.8. The molecule has 3 rings (SSSR count). The Balaban J connectivity index is 0.00000408. The number of anilines is 1. The summed E-state index contributed by atoms with van der Waals surface area (Å²) in [6.07, 6.45) is 4.00. The Labute approximate surface area is 226 Å². The van der Waals surface area contributed by atoms with Crippen LogP contribution in [0.1, 0.15) is 25.0 Å². The third-order valence-corrected chi connectivity index (χ3v) is 6.07. The number of nitrogens with zero attached hydrogens (tertiary/aromatic N) is 3. The number of aromatic nitrogens is 2. The summed E-state index contributed by atoms with van der Waals surface area (Å²) in [6.45, 7) is 4.15. The number of carbonyl (C=O) groups excluding carboxylic acids is 1. The van der Waals surface area contributed by atoms with Gasteiger partial charge in [-0.1, -0.05) is 37.6 Å². The van der Waals surface area contributed by atoms with Gasteiger partial charge in [0.05, 0.1) is 24.1 Å². The molecule has 1 heterocycles. The van der Waals surface area contributed by atoms with Crippen molar-refractivity contribution < 1.29 is 47.5 Å². The molecule has 0 aliphatic carbocycles. The van der Waals surface area contributed by atoms with Crippen LogP contribution in [0.3, 0.4) is 0 Å². The van der Waals surface area contributed by atoms with Crippen LogP contribution in [-0.2, 0) is 27.7 Å². The van der Waals surface area contributed by atoms with E-state index in [-0.39, 0.29) is 52.7 Å². The Morgan fingerprint density at radius 2 is 1.74 bits per heavy atom. The molecule has 0 saturated carbocycles. The van der Waals surface area contributed by atoms with Crippen molar-refractivity contribution in [2.75, 3.05) is 12.4 Å². The Morgan fingerprint density at radius 3 is 2.32 bits per heavy atom. The van der Waals surface area contributed by atoms with Crippen LogP contribution in [0.4, 0.5) is 11.6 Å². The Morgan fingerprint density at radius 1 is 1.09 bits per heavy atom. The van der Waals surface area contributed by atoms with Gasteiger partial charge in [-0.2, -0.15) is 0 Å². The molecular weight excluding hydrogens is 487 g/mol. The first-order chi connectivity index (χ1) is 15.7. The number of ether oxygens (including phenoxy) is 1. The SMILES string of the molecule is COc1ccc(Cl)cc1NC(=O)Cc1ccc(S(=O)(=O)[N-]c2ncc(CC(C)C)cn2)cc1.[Na+]. The number of sulfonamides is 1. The van der Waals surface area contributed by atoms with Gasteiger partial charge in [0.2, 0.25) is 15.9 Å². The molecule has 0 radical (unpaired) electrons. The van der Waals surface area contributed by atoms with Crippen LogP contribution in [0.5, 0.6) is 5.75 Å². The molecule has 2 aromatic carbocycles. The molecular formula is C23H24ClN4NaO4S. The van der Waals surface area contributed by atoms with Crippen molar-refractivity contribution in [2.24, 2.45) is 5.92 Å². The molecule has 0 saturated heterocycles. The van der Waals surface area contributed by atoms with E-state index in [4.69, 9.17) is 16.3 Å². The van der Waals surface area contributed by atoms with Gasteiger partial charge < -0.3 is 20.0 Å². The molecule has 34 heavy (non-hydrogen) atoms. The third kappa shape index (κ3) is 7.95. The molecule has 8 nitrogen and oxygen atoms in total. The van der Waals surface area contributed by atoms with Crippen molar-refractivity contribution in [3.8, 4) is 5.75 Å². The number of nitrogens with one attached hydrogen (secondary N) is 1. The Bertz CT molecular complexity index is 1220. The summed E-state index contributed by atoms with van der Waals surface area (Å²) in [7, 11) is -2.49. The first-order valence-electron chi connectivity index (χ1n) is 10.2. The van der Waals surface area contributed by atoms with Crippen LogP contribution in [0.15, 0.2) is 59.8 Å². The summed E-state index contributed by atoms with van der Waals surface area (Å²) < 4.78 is 34.1. The van der Waals surface area contributed by atoms with Crippen molar-refractivity contribution in [3.05, 3.63) is 75.7 Å². The zero-order valence-corrected chi connectivity index (χ0v) is 23.0. The normalized spacial score (nSPS) is 11.0. The van der Waals surface area contributed by atoms with E-state index < -0.39 is 10.0 Å². The van der Waals surface area contributed by atoms with Crippen LogP contribution in [0.2, 0.25) is 5.02 Å². The van der Waals surface area contributed by atoms with Crippen LogP contribution in [-0.4, -0.2) is 31.4 Å². The van der Waals surface area contributed by atoms with E-state index in [0.717, 1.165) is 12.0 Å². The molecule has 0 spiro atoms. The van der Waals surface area contributed by atoms with Crippen LogP contribution in [0, 0.1) is 5.92 Å². The van der Waals surface area contributed by atoms with Gasteiger partial charge in [-0.05, 0) is 66.2 Å². The van der Waals surface area contributed by atoms with Gasteiger partial charge in [0.1, 0.15) is 5.75 Å². The van der Waals surface area contributed by atoms with E-state index in [2.05, 4.69) is 33.9 Å². The number of methoxy groups -OCH3 is 1. The van der Waals surface area contributed by atoms with Gasteiger partial charge in [0.15, 0.2) is 0 Å². The topological polar surface area (TPSA) is 112 Å². The Kier molecular flexibility index (Phi) is 10.3. The Hall–Kier alpha value is -2.17. The number of carbonyl (C=O) groups is 1. The number of halogens is 1. The molecule has 11 heteroatoms. The average Bonchev–Trinajstić information content (AvgIpc) is 2.75. The first kappa shape index (κ1) is 28.1. The monoisotopic (exact) mass is 510 g/mol. The summed E-state index contributed by atoms with van der Waals surface area (Å²) in [5, 5.41) is 3.20. The molecule has 0 aliphatic heterocycles. The van der Waals surface area contributed by atoms with Gasteiger partial charge in [-0.15, -0.1) is 0 Å². The maximum atomic E-state index is 12.6. The smallest absolute Gasteiger partial charge is 0.495 e. The zero-order chi connectivity index (χ0) is 24.0. The van der Waals surface area contributed by atoms with E-state index in [1.807, 2.05) is 0 Å². The molecule has 0 fully saturated rings. The summed E-state index contributed by atoms with van der Waals surface area (Å²) >= 11 is 5.98. The number of hydrogen-bond acceptors (Lipinski definition) is 6. The van der Waals surface area contributed by atoms with Crippen LogP contribution >= 0.6 is 11.6 Å². The molecule has 0 bridgehead atoms. The van der Waals surface area contributed by atoms with Crippen molar-refractivity contribution in [2.45, 2.75) is 31.6 Å². The van der Waals surface area contributed by atoms with Gasteiger partial charge in [-0.3, -0.25) is 9.52 Å². The minimum absolute atomic E-state index is 0. The second kappa shape index (κ2) is 12.5. The van der Waals surface area contributed by atoms with Crippen LogP contribution in [0.25, 0.3) is 4.72 Å². The zero-order valence-electron chi connectivity index (χ0n) is 19.4. The number of amides is 1.